The molecule has 0 aliphatic heterocycles. The van der Waals surface area contributed by atoms with E-state index in [-0.39, 0.29) is 11.5 Å². The van der Waals surface area contributed by atoms with Gasteiger partial charge in [-0.15, -0.1) is 11.6 Å². The van der Waals surface area contributed by atoms with Gasteiger partial charge in [-0.1, -0.05) is 0 Å². The van der Waals surface area contributed by atoms with Gasteiger partial charge in [0.25, 0.3) is 0 Å². The van der Waals surface area contributed by atoms with Gasteiger partial charge in [-0.3, -0.25) is 0 Å². The van der Waals surface area contributed by atoms with E-state index in [1.807, 2.05) is 13.8 Å². The highest BCUT2D eigenvalue weighted by Gasteiger charge is 2.06. The fourth-order valence-corrected chi connectivity index (χ4v) is 0.391. The molecule has 49 valence electrons. The Hall–Kier alpha value is 0.250. The highest BCUT2D eigenvalue weighted by atomic mass is 35.5. The molecule has 0 aromatic rings. The Balaban J connectivity index is 3.17. The predicted molar refractivity (Wildman–Crippen MR) is 36.1 cm³/mol. The third-order valence-corrected chi connectivity index (χ3v) is 1.38. The quantitative estimate of drug-likeness (QED) is 0.537. The monoisotopic (exact) mass is 135 g/mol. The van der Waals surface area contributed by atoms with Crippen molar-refractivity contribution < 1.29 is 4.74 Å². The predicted octanol–water partition coefficient (Wildman–Crippen LogP) is 1.85. The molecule has 0 fully saturated rings. The Morgan fingerprint density at radius 3 is 2.25 bits per heavy atom. The number of hydrogen-bond acceptors (Lipinski definition) is 1. The molecule has 0 aromatic carbocycles. The average Bonchev–Trinajstić information content (AvgIpc) is 1.67. The first-order valence-electron chi connectivity index (χ1n) is 2.73. The summed E-state index contributed by atoms with van der Waals surface area (Å²) in [6, 6.07) is 0. The molecule has 0 rings (SSSR count). The Kier molecular flexibility index (Phi) is 4.29. The molecule has 1 nitrogen and oxygen atoms in total. The third kappa shape index (κ3) is 3.28. The van der Waals surface area contributed by atoms with Gasteiger partial charge in [-0.25, -0.2) is 0 Å². The third-order valence-electron chi connectivity index (χ3n) is 1.03. The zero-order valence-corrected chi connectivity index (χ0v) is 6.11. The minimum Gasteiger partial charge on any atom is -0.377 e. The Bertz CT molecular complexity index is 54.5. The van der Waals surface area contributed by atoms with Crippen LogP contribution in [0.5, 0.6) is 0 Å². The Morgan fingerprint density at radius 1 is 1.62 bits per heavy atom. The van der Waals surface area contributed by atoms with E-state index in [9.17, 15) is 0 Å². The summed E-state index contributed by atoms with van der Waals surface area (Å²) in [6.45, 7) is 7.86. The first-order valence-corrected chi connectivity index (χ1v) is 3.17. The minimum absolute atomic E-state index is 0.0803. The molecule has 0 heterocycles. The van der Waals surface area contributed by atoms with Crippen molar-refractivity contribution in [3.63, 3.8) is 0 Å². The van der Waals surface area contributed by atoms with Gasteiger partial charge in [0.2, 0.25) is 0 Å². The van der Waals surface area contributed by atoms with Crippen molar-refractivity contribution in [2.45, 2.75) is 25.3 Å². The van der Waals surface area contributed by atoms with Crippen LogP contribution in [0.3, 0.4) is 0 Å². The second kappa shape index (κ2) is 4.16. The fourth-order valence-electron chi connectivity index (χ4n) is 0.318. The van der Waals surface area contributed by atoms with Gasteiger partial charge in [-0.05, 0) is 20.8 Å². The zero-order chi connectivity index (χ0) is 6.57. The van der Waals surface area contributed by atoms with Gasteiger partial charge in [-0.2, -0.15) is 0 Å². The molecule has 0 aromatic heterocycles. The standard InChI is InChI=1S/C6H12ClO/c1-4-8-6(3)5(2)7/h5-6H,1,4H2,2-3H3. The van der Waals surface area contributed by atoms with Gasteiger partial charge in [0, 0.05) is 6.61 Å². The van der Waals surface area contributed by atoms with E-state index in [0.29, 0.717) is 6.61 Å². The summed E-state index contributed by atoms with van der Waals surface area (Å²) in [5.41, 5.74) is 0. The molecule has 8 heavy (non-hydrogen) atoms. The molecule has 0 amide bonds. The van der Waals surface area contributed by atoms with Crippen LogP contribution in [0.1, 0.15) is 13.8 Å². The van der Waals surface area contributed by atoms with Gasteiger partial charge in [0.15, 0.2) is 0 Å². The van der Waals surface area contributed by atoms with Crippen LogP contribution in [-0.4, -0.2) is 18.1 Å². The van der Waals surface area contributed by atoms with Crippen molar-refractivity contribution >= 4 is 11.6 Å². The number of alkyl halides is 1. The zero-order valence-electron chi connectivity index (χ0n) is 5.36. The van der Waals surface area contributed by atoms with Crippen LogP contribution in [0.15, 0.2) is 0 Å². The maximum Gasteiger partial charge on any atom is 0.0707 e. The molecule has 0 spiro atoms. The van der Waals surface area contributed by atoms with Crippen LogP contribution in [0, 0.1) is 6.92 Å². The van der Waals surface area contributed by atoms with E-state index in [2.05, 4.69) is 6.92 Å². The maximum absolute atomic E-state index is 5.65. The summed E-state index contributed by atoms with van der Waals surface area (Å²) >= 11 is 5.65. The summed E-state index contributed by atoms with van der Waals surface area (Å²) in [5.74, 6) is 0. The molecule has 1 radical (unpaired) electrons. The topological polar surface area (TPSA) is 9.23 Å². The fraction of sp³-hybridized carbons (Fsp3) is 0.833. The lowest BCUT2D eigenvalue weighted by Gasteiger charge is -2.12. The van der Waals surface area contributed by atoms with Gasteiger partial charge in [0.1, 0.15) is 0 Å². The van der Waals surface area contributed by atoms with Crippen molar-refractivity contribution in [3.05, 3.63) is 6.92 Å². The number of rotatable bonds is 3. The molecular weight excluding hydrogens is 124 g/mol. The van der Waals surface area contributed by atoms with Crippen LogP contribution in [0.4, 0.5) is 0 Å². The lowest BCUT2D eigenvalue weighted by molar-refractivity contribution is 0.0871. The van der Waals surface area contributed by atoms with E-state index in [1.54, 1.807) is 0 Å². The summed E-state index contributed by atoms with van der Waals surface area (Å²) in [7, 11) is 0. The minimum atomic E-state index is 0.0803. The largest absolute Gasteiger partial charge is 0.377 e. The molecule has 0 N–H and O–H groups in total. The van der Waals surface area contributed by atoms with Crippen LogP contribution < -0.4 is 0 Å². The normalized spacial score (nSPS) is 18.0. The van der Waals surface area contributed by atoms with E-state index >= 15 is 0 Å². The molecule has 2 heteroatoms. The highest BCUT2D eigenvalue weighted by molar-refractivity contribution is 6.20. The van der Waals surface area contributed by atoms with Crippen molar-refractivity contribution in [3.8, 4) is 0 Å². The lowest BCUT2D eigenvalue weighted by Crippen LogP contribution is -2.17. The second-order valence-electron chi connectivity index (χ2n) is 1.75. The van der Waals surface area contributed by atoms with E-state index < -0.39 is 0 Å². The van der Waals surface area contributed by atoms with Crippen LogP contribution >= 0.6 is 11.6 Å². The maximum atomic E-state index is 5.65. The van der Waals surface area contributed by atoms with Gasteiger partial charge < -0.3 is 4.74 Å². The Labute approximate surface area is 56.0 Å². The second-order valence-corrected chi connectivity index (χ2v) is 2.44. The number of hydrogen-bond donors (Lipinski definition) is 0. The molecular formula is C6H12ClO. The molecule has 2 atom stereocenters. The molecule has 0 bridgehead atoms. The first kappa shape index (κ1) is 8.25. The van der Waals surface area contributed by atoms with Gasteiger partial charge >= 0.3 is 0 Å². The summed E-state index contributed by atoms with van der Waals surface area (Å²) in [5, 5.41) is 0.0803. The molecule has 0 aliphatic carbocycles. The van der Waals surface area contributed by atoms with Crippen molar-refractivity contribution in [2.24, 2.45) is 0 Å². The summed E-state index contributed by atoms with van der Waals surface area (Å²) in [4.78, 5) is 0. The van der Waals surface area contributed by atoms with Crippen LogP contribution in [-0.2, 0) is 4.74 Å². The van der Waals surface area contributed by atoms with Crippen molar-refractivity contribution in [1.29, 1.82) is 0 Å². The molecule has 0 saturated heterocycles. The molecule has 2 unspecified atom stereocenters. The van der Waals surface area contributed by atoms with E-state index in [0.717, 1.165) is 0 Å². The van der Waals surface area contributed by atoms with Gasteiger partial charge in [0.05, 0.1) is 11.5 Å². The van der Waals surface area contributed by atoms with Crippen molar-refractivity contribution in [2.75, 3.05) is 6.61 Å². The summed E-state index contributed by atoms with van der Waals surface area (Å²) in [6.07, 6.45) is 0.120. The lowest BCUT2D eigenvalue weighted by atomic mass is 10.3. The highest BCUT2D eigenvalue weighted by Crippen LogP contribution is 2.03. The average molecular weight is 136 g/mol. The van der Waals surface area contributed by atoms with Crippen LogP contribution in [0.25, 0.3) is 0 Å². The van der Waals surface area contributed by atoms with Crippen molar-refractivity contribution in [1.82, 2.24) is 0 Å². The first-order chi connectivity index (χ1) is 3.68. The summed E-state index contributed by atoms with van der Waals surface area (Å²) < 4.78 is 5.06. The smallest absolute Gasteiger partial charge is 0.0707 e. The molecule has 0 saturated carbocycles. The van der Waals surface area contributed by atoms with E-state index in [4.69, 9.17) is 16.3 Å². The Morgan fingerprint density at radius 2 is 2.12 bits per heavy atom. The van der Waals surface area contributed by atoms with E-state index in [1.165, 1.54) is 0 Å². The molecule has 0 aliphatic rings. The number of halogens is 1. The van der Waals surface area contributed by atoms with Crippen LogP contribution in [0.2, 0.25) is 0 Å². The SMILES string of the molecule is [CH2]COC(C)C(C)Cl. The number of ether oxygens (including phenoxy) is 1.